The summed E-state index contributed by atoms with van der Waals surface area (Å²) in [5, 5.41) is 0. The minimum absolute atomic E-state index is 0.403. The summed E-state index contributed by atoms with van der Waals surface area (Å²) < 4.78 is 5.16. The third kappa shape index (κ3) is 7.46. The zero-order valence-electron chi connectivity index (χ0n) is 13.2. The number of carbonyl (C=O) groups excluding carboxylic acids is 1. The molecule has 0 aromatic heterocycles. The summed E-state index contributed by atoms with van der Waals surface area (Å²) in [6, 6.07) is 0. The van der Waals surface area contributed by atoms with Crippen molar-refractivity contribution in [2.45, 2.75) is 40.2 Å². The Morgan fingerprint density at radius 1 is 1.30 bits per heavy atom. The van der Waals surface area contributed by atoms with Crippen molar-refractivity contribution in [1.82, 2.24) is 0 Å². The van der Waals surface area contributed by atoms with Gasteiger partial charge >= 0.3 is 6.09 Å². The predicted molar refractivity (Wildman–Crippen MR) is 85.8 cm³/mol. The van der Waals surface area contributed by atoms with Gasteiger partial charge in [0.25, 0.3) is 0 Å². The molecule has 0 saturated heterocycles. The van der Waals surface area contributed by atoms with Gasteiger partial charge in [0.2, 0.25) is 0 Å². The van der Waals surface area contributed by atoms with Crippen LogP contribution < -0.4 is 0 Å². The molecule has 20 heavy (non-hydrogen) atoms. The highest BCUT2D eigenvalue weighted by atomic mass is 16.6. The lowest BCUT2D eigenvalue weighted by atomic mass is 10.0. The average Bonchev–Trinajstić information content (AvgIpc) is 2.32. The quantitative estimate of drug-likeness (QED) is 0.572. The lowest BCUT2D eigenvalue weighted by Gasteiger charge is -2.17. The summed E-state index contributed by atoms with van der Waals surface area (Å²) in [5.74, 6) is 0. The van der Waals surface area contributed by atoms with Gasteiger partial charge in [0.15, 0.2) is 0 Å². The molecule has 0 rings (SSSR count). The molecule has 0 aliphatic carbocycles. The lowest BCUT2D eigenvalue weighted by molar-refractivity contribution is 0.0605. The van der Waals surface area contributed by atoms with Crippen molar-refractivity contribution >= 4 is 18.0 Å². The van der Waals surface area contributed by atoms with Crippen LogP contribution in [0, 0.1) is 0 Å². The molecule has 0 aliphatic rings. The van der Waals surface area contributed by atoms with Crippen LogP contribution in [0.25, 0.3) is 0 Å². The Hall–Kier alpha value is -1.97. The number of ether oxygens (including phenoxy) is 1. The van der Waals surface area contributed by atoms with E-state index in [1.165, 1.54) is 6.21 Å². The molecule has 0 heterocycles. The van der Waals surface area contributed by atoms with Gasteiger partial charge in [0.05, 0.1) is 5.71 Å². The van der Waals surface area contributed by atoms with Gasteiger partial charge in [-0.1, -0.05) is 24.8 Å². The first-order valence-corrected chi connectivity index (χ1v) is 6.44. The van der Waals surface area contributed by atoms with E-state index >= 15 is 0 Å². The number of aliphatic imine (C=N–C) groups is 2. The number of hydrogen-bond donors (Lipinski definition) is 0. The predicted octanol–water partition coefficient (Wildman–Crippen LogP) is 4.14. The Labute approximate surface area is 121 Å². The number of nitrogens with zero attached hydrogens (tertiary/aromatic N) is 2. The molecule has 0 radical (unpaired) electrons. The Morgan fingerprint density at radius 2 is 1.90 bits per heavy atom. The summed E-state index contributed by atoms with van der Waals surface area (Å²) in [4.78, 5) is 19.6. The van der Waals surface area contributed by atoms with Gasteiger partial charge < -0.3 is 4.74 Å². The van der Waals surface area contributed by atoms with Crippen LogP contribution in [-0.2, 0) is 4.74 Å². The third-order valence-electron chi connectivity index (χ3n) is 2.18. The molecular weight excluding hydrogens is 252 g/mol. The van der Waals surface area contributed by atoms with E-state index in [9.17, 15) is 4.79 Å². The topological polar surface area (TPSA) is 51.0 Å². The monoisotopic (exact) mass is 276 g/mol. The normalized spacial score (nSPS) is 14.1. The molecular formula is C16H24N2O2. The summed E-state index contributed by atoms with van der Waals surface area (Å²) in [5.41, 5.74) is 1.37. The van der Waals surface area contributed by atoms with E-state index in [-0.39, 0.29) is 0 Å². The molecule has 0 saturated carbocycles. The van der Waals surface area contributed by atoms with Crippen molar-refractivity contribution in [2.75, 3.05) is 7.05 Å². The zero-order chi connectivity index (χ0) is 15.8. The van der Waals surface area contributed by atoms with Crippen LogP contribution in [0.15, 0.2) is 45.9 Å². The first kappa shape index (κ1) is 18.0. The Balaban J connectivity index is 5.25. The van der Waals surface area contributed by atoms with Gasteiger partial charge in [-0.05, 0) is 45.8 Å². The van der Waals surface area contributed by atoms with Crippen molar-refractivity contribution in [3.63, 3.8) is 0 Å². The van der Waals surface area contributed by atoms with Gasteiger partial charge in [-0.2, -0.15) is 4.99 Å². The van der Waals surface area contributed by atoms with E-state index in [4.69, 9.17) is 4.74 Å². The van der Waals surface area contributed by atoms with Crippen molar-refractivity contribution in [3.05, 3.63) is 36.0 Å². The molecule has 0 aromatic rings. The van der Waals surface area contributed by atoms with Crippen LogP contribution in [-0.4, -0.2) is 30.7 Å². The molecule has 0 N–H and O–H groups in total. The Morgan fingerprint density at radius 3 is 2.35 bits per heavy atom. The second kappa shape index (κ2) is 8.25. The van der Waals surface area contributed by atoms with E-state index in [0.29, 0.717) is 11.3 Å². The fraction of sp³-hybridized carbons (Fsp3) is 0.438. The summed E-state index contributed by atoms with van der Waals surface area (Å²) >= 11 is 0. The molecule has 110 valence electrons. The maximum absolute atomic E-state index is 11.7. The van der Waals surface area contributed by atoms with Crippen molar-refractivity contribution in [3.8, 4) is 0 Å². The van der Waals surface area contributed by atoms with Gasteiger partial charge in [0, 0.05) is 13.3 Å². The summed E-state index contributed by atoms with van der Waals surface area (Å²) in [7, 11) is 1.61. The SMILES string of the molecule is C=C(C(C=NC)=NC(=O)OC(C)(C)C)/C(C)=C/C=CC. The minimum Gasteiger partial charge on any atom is -0.442 e. The van der Waals surface area contributed by atoms with Crippen molar-refractivity contribution < 1.29 is 9.53 Å². The number of rotatable bonds is 4. The highest BCUT2D eigenvalue weighted by molar-refractivity contribution is 6.40. The number of allylic oxidation sites excluding steroid dienone is 5. The Bertz CT molecular complexity index is 475. The molecule has 4 nitrogen and oxygen atoms in total. The highest BCUT2D eigenvalue weighted by Crippen LogP contribution is 2.12. The van der Waals surface area contributed by atoms with Crippen LogP contribution in [0.3, 0.4) is 0 Å². The smallest absolute Gasteiger partial charge is 0.434 e. The molecule has 0 spiro atoms. The third-order valence-corrected chi connectivity index (χ3v) is 2.18. The highest BCUT2D eigenvalue weighted by Gasteiger charge is 2.16. The second-order valence-electron chi connectivity index (χ2n) is 5.22. The maximum Gasteiger partial charge on any atom is 0.434 e. The van der Waals surface area contributed by atoms with Crippen LogP contribution in [0.5, 0.6) is 0 Å². The summed E-state index contributed by atoms with van der Waals surface area (Å²) in [6.07, 6.45) is 6.56. The van der Waals surface area contributed by atoms with Crippen molar-refractivity contribution in [1.29, 1.82) is 0 Å². The molecule has 0 atom stereocenters. The standard InChI is InChI=1S/C16H24N2O2/c1-8-9-10-12(2)13(3)14(11-17-7)18-15(19)20-16(4,5)6/h8-11H,3H2,1-2,4-7H3/b9-8?,12-10+,17-11?,18-14?. The molecule has 0 aromatic carbocycles. The van der Waals surface area contributed by atoms with E-state index in [2.05, 4.69) is 16.6 Å². The Kier molecular flexibility index (Phi) is 7.44. The average molecular weight is 276 g/mol. The van der Waals surface area contributed by atoms with E-state index in [1.807, 2.05) is 32.1 Å². The van der Waals surface area contributed by atoms with Gasteiger partial charge in [-0.3, -0.25) is 4.99 Å². The molecule has 0 bridgehead atoms. The van der Waals surface area contributed by atoms with Crippen LogP contribution in [0.2, 0.25) is 0 Å². The van der Waals surface area contributed by atoms with Gasteiger partial charge in [-0.15, -0.1) is 0 Å². The van der Waals surface area contributed by atoms with Gasteiger partial charge in [0.1, 0.15) is 5.60 Å². The van der Waals surface area contributed by atoms with E-state index in [1.54, 1.807) is 27.8 Å². The second-order valence-corrected chi connectivity index (χ2v) is 5.22. The van der Waals surface area contributed by atoms with E-state index < -0.39 is 11.7 Å². The number of hydrogen-bond acceptors (Lipinski definition) is 3. The molecule has 4 heteroatoms. The van der Waals surface area contributed by atoms with E-state index in [0.717, 1.165) is 5.57 Å². The fourth-order valence-corrected chi connectivity index (χ4v) is 1.22. The van der Waals surface area contributed by atoms with Crippen LogP contribution in [0.4, 0.5) is 4.79 Å². The summed E-state index contributed by atoms with van der Waals surface area (Å²) in [6.45, 7) is 13.1. The number of amides is 1. The molecule has 0 aliphatic heterocycles. The first-order chi connectivity index (χ1) is 9.21. The largest absolute Gasteiger partial charge is 0.442 e. The van der Waals surface area contributed by atoms with Crippen LogP contribution in [0.1, 0.15) is 34.6 Å². The molecule has 0 fully saturated rings. The molecule has 0 unspecified atom stereocenters. The molecule has 1 amide bonds. The maximum atomic E-state index is 11.7. The fourth-order valence-electron chi connectivity index (χ4n) is 1.22. The number of carbonyl (C=O) groups is 1. The first-order valence-electron chi connectivity index (χ1n) is 6.44. The lowest BCUT2D eigenvalue weighted by Crippen LogP contribution is -2.23. The van der Waals surface area contributed by atoms with Crippen molar-refractivity contribution in [2.24, 2.45) is 9.98 Å². The minimum atomic E-state index is -0.646. The van der Waals surface area contributed by atoms with Gasteiger partial charge in [-0.25, -0.2) is 4.79 Å². The zero-order valence-corrected chi connectivity index (χ0v) is 13.2. The van der Waals surface area contributed by atoms with Crippen LogP contribution >= 0.6 is 0 Å².